The van der Waals surface area contributed by atoms with Crippen LogP contribution in [0.25, 0.3) is 0 Å². The SMILES string of the molecule is N#CNC(N)=Nc1cccc(F)c1Cl. The van der Waals surface area contributed by atoms with Crippen molar-refractivity contribution >= 4 is 23.2 Å². The van der Waals surface area contributed by atoms with Crippen molar-refractivity contribution in [1.82, 2.24) is 5.32 Å². The first-order valence-electron chi connectivity index (χ1n) is 3.58. The van der Waals surface area contributed by atoms with Crippen molar-refractivity contribution in [2.75, 3.05) is 0 Å². The summed E-state index contributed by atoms with van der Waals surface area (Å²) in [5, 5.41) is 10.2. The summed E-state index contributed by atoms with van der Waals surface area (Å²) in [6.07, 6.45) is 1.58. The third-order valence-corrected chi connectivity index (χ3v) is 1.73. The van der Waals surface area contributed by atoms with Crippen LogP contribution in [0.3, 0.4) is 0 Å². The van der Waals surface area contributed by atoms with Crippen LogP contribution in [0.4, 0.5) is 10.1 Å². The van der Waals surface area contributed by atoms with Crippen molar-refractivity contribution in [1.29, 1.82) is 5.26 Å². The second-order valence-corrected chi connectivity index (χ2v) is 2.68. The number of hydrogen-bond acceptors (Lipinski definition) is 2. The molecule has 14 heavy (non-hydrogen) atoms. The van der Waals surface area contributed by atoms with E-state index in [9.17, 15) is 4.39 Å². The molecule has 0 amide bonds. The molecule has 72 valence electrons. The molecule has 0 saturated heterocycles. The molecule has 0 atom stereocenters. The lowest BCUT2D eigenvalue weighted by molar-refractivity contribution is 0.628. The highest BCUT2D eigenvalue weighted by atomic mass is 35.5. The van der Waals surface area contributed by atoms with Gasteiger partial charge >= 0.3 is 0 Å². The first kappa shape index (κ1) is 10.3. The fourth-order valence-electron chi connectivity index (χ4n) is 0.794. The Bertz CT molecular complexity index is 410. The Labute approximate surface area is 84.8 Å². The number of aliphatic imine (C=N–C) groups is 1. The largest absolute Gasteiger partial charge is 0.369 e. The zero-order valence-corrected chi connectivity index (χ0v) is 7.72. The maximum Gasteiger partial charge on any atom is 0.207 e. The number of rotatable bonds is 1. The van der Waals surface area contributed by atoms with Crippen molar-refractivity contribution in [3.05, 3.63) is 29.0 Å². The summed E-state index contributed by atoms with van der Waals surface area (Å²) in [7, 11) is 0. The molecule has 6 heteroatoms. The minimum atomic E-state index is -0.585. The summed E-state index contributed by atoms with van der Waals surface area (Å²) < 4.78 is 12.9. The molecule has 0 saturated carbocycles. The Morgan fingerprint density at radius 3 is 3.00 bits per heavy atom. The molecule has 1 aromatic rings. The van der Waals surface area contributed by atoms with Gasteiger partial charge in [-0.3, -0.25) is 5.32 Å². The molecule has 0 spiro atoms. The quantitative estimate of drug-likeness (QED) is 0.321. The van der Waals surface area contributed by atoms with Gasteiger partial charge in [0, 0.05) is 0 Å². The Morgan fingerprint density at radius 2 is 2.36 bits per heavy atom. The second-order valence-electron chi connectivity index (χ2n) is 2.31. The van der Waals surface area contributed by atoms with Crippen LogP contribution in [-0.4, -0.2) is 5.96 Å². The van der Waals surface area contributed by atoms with Crippen molar-refractivity contribution in [2.45, 2.75) is 0 Å². The Kier molecular flexibility index (Phi) is 3.26. The fraction of sp³-hybridized carbons (Fsp3) is 0. The van der Waals surface area contributed by atoms with E-state index >= 15 is 0 Å². The molecule has 1 rings (SSSR count). The van der Waals surface area contributed by atoms with E-state index in [-0.39, 0.29) is 16.7 Å². The standard InChI is InChI=1S/C8H6ClFN4/c9-7-5(10)2-1-3-6(7)14-8(12)13-4-11/h1-3H,(H3,12,13,14). The average Bonchev–Trinajstić information content (AvgIpc) is 2.13. The van der Waals surface area contributed by atoms with Gasteiger partial charge in [0.05, 0.1) is 5.69 Å². The van der Waals surface area contributed by atoms with Crippen molar-refractivity contribution < 1.29 is 4.39 Å². The van der Waals surface area contributed by atoms with Gasteiger partial charge in [-0.2, -0.15) is 5.26 Å². The molecule has 0 bridgehead atoms. The highest BCUT2D eigenvalue weighted by Crippen LogP contribution is 2.26. The lowest BCUT2D eigenvalue weighted by Crippen LogP contribution is -2.26. The number of benzene rings is 1. The van der Waals surface area contributed by atoms with Crippen LogP contribution >= 0.6 is 11.6 Å². The van der Waals surface area contributed by atoms with Crippen molar-refractivity contribution in [2.24, 2.45) is 10.7 Å². The van der Waals surface area contributed by atoms with E-state index in [1.54, 1.807) is 6.19 Å². The predicted molar refractivity (Wildman–Crippen MR) is 51.4 cm³/mol. The van der Waals surface area contributed by atoms with Crippen LogP contribution in [0.5, 0.6) is 0 Å². The number of nitrogens with two attached hydrogens (primary N) is 1. The topological polar surface area (TPSA) is 74.2 Å². The number of nitrogens with zero attached hydrogens (tertiary/aromatic N) is 2. The van der Waals surface area contributed by atoms with E-state index in [1.807, 2.05) is 0 Å². The third-order valence-electron chi connectivity index (χ3n) is 1.36. The minimum Gasteiger partial charge on any atom is -0.369 e. The third kappa shape index (κ3) is 2.34. The molecule has 0 aliphatic heterocycles. The molecule has 1 aromatic carbocycles. The van der Waals surface area contributed by atoms with Crippen LogP contribution in [0.15, 0.2) is 23.2 Å². The summed E-state index contributed by atoms with van der Waals surface area (Å²) >= 11 is 5.59. The van der Waals surface area contributed by atoms with Gasteiger partial charge in [0.25, 0.3) is 0 Å². The number of halogens is 2. The molecule has 0 aliphatic carbocycles. The minimum absolute atomic E-state index is 0.129. The van der Waals surface area contributed by atoms with Crippen LogP contribution in [0.2, 0.25) is 5.02 Å². The van der Waals surface area contributed by atoms with E-state index in [0.717, 1.165) is 0 Å². The lowest BCUT2D eigenvalue weighted by Gasteiger charge is -2.00. The number of guanidine groups is 1. The van der Waals surface area contributed by atoms with Crippen molar-refractivity contribution in [3.63, 3.8) is 0 Å². The molecule has 3 N–H and O–H groups in total. The normalized spacial score (nSPS) is 10.8. The van der Waals surface area contributed by atoms with E-state index in [0.29, 0.717) is 0 Å². The molecule has 0 aliphatic rings. The molecule has 0 heterocycles. The molecule has 0 unspecified atom stereocenters. The lowest BCUT2D eigenvalue weighted by atomic mass is 10.3. The maximum atomic E-state index is 12.9. The van der Waals surface area contributed by atoms with E-state index < -0.39 is 5.82 Å². The first-order valence-corrected chi connectivity index (χ1v) is 3.96. The summed E-state index contributed by atoms with van der Waals surface area (Å²) in [6, 6.07) is 4.13. The molecular weight excluding hydrogens is 207 g/mol. The average molecular weight is 213 g/mol. The second kappa shape index (κ2) is 4.44. The molecule has 4 nitrogen and oxygen atoms in total. The zero-order valence-electron chi connectivity index (χ0n) is 6.96. The zero-order chi connectivity index (χ0) is 10.6. The summed E-state index contributed by atoms with van der Waals surface area (Å²) in [4.78, 5) is 3.70. The number of hydrogen-bond donors (Lipinski definition) is 2. The Balaban J connectivity index is 3.04. The molecule has 0 fully saturated rings. The summed E-state index contributed by atoms with van der Waals surface area (Å²) in [5.41, 5.74) is 5.44. The highest BCUT2D eigenvalue weighted by molar-refractivity contribution is 6.33. The van der Waals surface area contributed by atoms with Crippen molar-refractivity contribution in [3.8, 4) is 6.19 Å². The maximum absolute atomic E-state index is 12.9. The number of nitrogens with one attached hydrogen (secondary N) is 1. The molecular formula is C8H6ClFN4. The fourth-order valence-corrected chi connectivity index (χ4v) is 0.962. The van der Waals surface area contributed by atoms with Gasteiger partial charge in [-0.05, 0) is 12.1 Å². The van der Waals surface area contributed by atoms with Gasteiger partial charge in [-0.15, -0.1) is 0 Å². The van der Waals surface area contributed by atoms with Crippen LogP contribution < -0.4 is 11.1 Å². The van der Waals surface area contributed by atoms with Gasteiger partial charge in [0.2, 0.25) is 5.96 Å². The van der Waals surface area contributed by atoms with Crippen LogP contribution in [0, 0.1) is 17.3 Å². The summed E-state index contributed by atoms with van der Waals surface area (Å²) in [6.45, 7) is 0. The van der Waals surface area contributed by atoms with Gasteiger partial charge < -0.3 is 5.73 Å². The van der Waals surface area contributed by atoms with E-state index in [4.69, 9.17) is 22.6 Å². The van der Waals surface area contributed by atoms with Gasteiger partial charge in [0.15, 0.2) is 6.19 Å². The van der Waals surface area contributed by atoms with Crippen LogP contribution in [-0.2, 0) is 0 Å². The summed E-state index contributed by atoms with van der Waals surface area (Å²) in [5.74, 6) is -0.724. The number of nitriles is 1. The predicted octanol–water partition coefficient (Wildman–Crippen LogP) is 1.50. The molecule has 0 aromatic heterocycles. The van der Waals surface area contributed by atoms with Gasteiger partial charge in [-0.1, -0.05) is 17.7 Å². The van der Waals surface area contributed by atoms with Crippen LogP contribution in [0.1, 0.15) is 0 Å². The highest BCUT2D eigenvalue weighted by Gasteiger charge is 2.04. The van der Waals surface area contributed by atoms with E-state index in [1.165, 1.54) is 18.2 Å². The Hall–Kier alpha value is -1.80. The van der Waals surface area contributed by atoms with Gasteiger partial charge in [0.1, 0.15) is 10.8 Å². The molecule has 0 radical (unpaired) electrons. The van der Waals surface area contributed by atoms with E-state index in [2.05, 4.69) is 10.3 Å². The Morgan fingerprint density at radius 1 is 1.64 bits per heavy atom. The smallest absolute Gasteiger partial charge is 0.207 e. The first-order chi connectivity index (χ1) is 6.65. The van der Waals surface area contributed by atoms with Gasteiger partial charge in [-0.25, -0.2) is 9.38 Å². The monoisotopic (exact) mass is 212 g/mol.